The standard InChI is InChI=1S/4C12H24O2.Sn/c4*1-12(2,3)10-8-6-4-5-7-9-11(13)14;/h4*4-10H2,1-3H3,(H,13,14);/q;;;;+4/p-4. The number of carboxylic acids is 4. The van der Waals surface area contributed by atoms with E-state index in [4.69, 9.17) is 0 Å². The van der Waals surface area contributed by atoms with E-state index in [1.54, 1.807) is 0 Å². The minimum absolute atomic E-state index is 0. The average Bonchev–Trinajstić information content (AvgIpc) is 3.01. The molecule has 0 heterocycles. The Kier molecular flexibility index (Phi) is 45.6. The molecule has 0 atom stereocenters. The molecule has 0 radical (unpaired) electrons. The summed E-state index contributed by atoms with van der Waals surface area (Å²) < 4.78 is 0. The quantitative estimate of drug-likeness (QED) is 0.0554. The van der Waals surface area contributed by atoms with Gasteiger partial charge in [-0.15, -0.1) is 0 Å². The van der Waals surface area contributed by atoms with Crippen LogP contribution in [0.2, 0.25) is 0 Å². The maximum Gasteiger partial charge on any atom is 4.00 e. The summed E-state index contributed by atoms with van der Waals surface area (Å²) in [7, 11) is 0. The van der Waals surface area contributed by atoms with Gasteiger partial charge in [-0.1, -0.05) is 186 Å². The smallest absolute Gasteiger partial charge is 0.550 e. The first-order valence-corrected chi connectivity index (χ1v) is 22.5. The molecule has 0 aromatic rings. The van der Waals surface area contributed by atoms with Crippen LogP contribution in [0.4, 0.5) is 0 Å². The van der Waals surface area contributed by atoms with Crippen molar-refractivity contribution in [2.24, 2.45) is 21.7 Å². The molecule has 0 aliphatic carbocycles. The topological polar surface area (TPSA) is 161 Å². The fourth-order valence-electron chi connectivity index (χ4n) is 5.82. The molecular formula is C48H92O8Sn. The minimum Gasteiger partial charge on any atom is -0.550 e. The number of carbonyl (C=O) groups is 4. The third-order valence-electron chi connectivity index (χ3n) is 9.23. The summed E-state index contributed by atoms with van der Waals surface area (Å²) in [6.07, 6.45) is 27.7. The zero-order chi connectivity index (χ0) is 44.1. The van der Waals surface area contributed by atoms with Crippen molar-refractivity contribution in [1.29, 1.82) is 0 Å². The van der Waals surface area contributed by atoms with Crippen molar-refractivity contribution in [3.63, 3.8) is 0 Å². The van der Waals surface area contributed by atoms with Crippen LogP contribution >= 0.6 is 0 Å². The second-order valence-corrected chi connectivity index (χ2v) is 20.8. The van der Waals surface area contributed by atoms with Crippen molar-refractivity contribution in [1.82, 2.24) is 0 Å². The van der Waals surface area contributed by atoms with Crippen LogP contribution in [0.3, 0.4) is 0 Å². The van der Waals surface area contributed by atoms with E-state index in [1.165, 1.54) is 77.0 Å². The molecule has 0 aliphatic heterocycles. The van der Waals surface area contributed by atoms with Gasteiger partial charge in [0.15, 0.2) is 0 Å². The monoisotopic (exact) mass is 917 g/mol. The largest absolute Gasteiger partial charge is 4.00 e. The summed E-state index contributed by atoms with van der Waals surface area (Å²) in [4.78, 5) is 40.4. The van der Waals surface area contributed by atoms with Crippen LogP contribution in [-0.4, -0.2) is 47.8 Å². The normalized spacial score (nSPS) is 11.4. The molecule has 0 saturated carbocycles. The summed E-state index contributed by atoms with van der Waals surface area (Å²) in [5, 5.41) is 40.4. The molecule has 57 heavy (non-hydrogen) atoms. The van der Waals surface area contributed by atoms with Gasteiger partial charge in [0.25, 0.3) is 0 Å². The van der Waals surface area contributed by atoms with Crippen molar-refractivity contribution in [3.8, 4) is 0 Å². The van der Waals surface area contributed by atoms with E-state index in [0.717, 1.165) is 77.0 Å². The van der Waals surface area contributed by atoms with Gasteiger partial charge in [0, 0.05) is 23.9 Å². The van der Waals surface area contributed by atoms with Crippen molar-refractivity contribution in [3.05, 3.63) is 0 Å². The molecule has 8 nitrogen and oxygen atoms in total. The summed E-state index contributed by atoms with van der Waals surface area (Å²) in [5.41, 5.74) is 1.74. The van der Waals surface area contributed by atoms with Gasteiger partial charge in [-0.3, -0.25) is 0 Å². The van der Waals surface area contributed by atoms with Crippen LogP contribution in [0.15, 0.2) is 0 Å². The van der Waals surface area contributed by atoms with Crippen molar-refractivity contribution < 1.29 is 39.6 Å². The van der Waals surface area contributed by atoms with Crippen LogP contribution in [0.5, 0.6) is 0 Å². The van der Waals surface area contributed by atoms with Crippen LogP contribution in [0, 0.1) is 21.7 Å². The minimum atomic E-state index is -0.917. The fourth-order valence-corrected chi connectivity index (χ4v) is 5.82. The Morgan fingerprint density at radius 2 is 0.386 bits per heavy atom. The average molecular weight is 916 g/mol. The number of carboxylic acid groups (broad SMARTS) is 4. The van der Waals surface area contributed by atoms with E-state index >= 15 is 0 Å². The third-order valence-corrected chi connectivity index (χ3v) is 9.23. The van der Waals surface area contributed by atoms with Crippen LogP contribution in [0.1, 0.15) is 263 Å². The maximum absolute atomic E-state index is 10.1. The predicted molar refractivity (Wildman–Crippen MR) is 233 cm³/mol. The summed E-state index contributed by atoms with van der Waals surface area (Å²) in [6.45, 7) is 27.0. The summed E-state index contributed by atoms with van der Waals surface area (Å²) in [6, 6.07) is 0. The van der Waals surface area contributed by atoms with Crippen LogP contribution in [0.25, 0.3) is 0 Å². The Hall–Kier alpha value is -1.32. The number of aliphatic carboxylic acids is 4. The molecule has 0 aliphatic rings. The van der Waals surface area contributed by atoms with Crippen molar-refractivity contribution in [2.75, 3.05) is 0 Å². The first-order valence-electron chi connectivity index (χ1n) is 22.5. The SMILES string of the molecule is CC(C)(C)CCCCCCCC(=O)[O-].CC(C)(C)CCCCCCCC(=O)[O-].CC(C)(C)CCCCCCCC(=O)[O-].CC(C)(C)CCCCCCCC(=O)[O-].[Sn+4]. The van der Waals surface area contributed by atoms with Gasteiger partial charge in [-0.25, -0.2) is 0 Å². The Balaban J connectivity index is -0.000000210. The maximum atomic E-state index is 10.1. The summed E-state index contributed by atoms with van der Waals surface area (Å²) >= 11 is 0. The van der Waals surface area contributed by atoms with Crippen LogP contribution in [-0.2, 0) is 19.2 Å². The first kappa shape index (κ1) is 64.8. The van der Waals surface area contributed by atoms with E-state index in [2.05, 4.69) is 83.1 Å². The van der Waals surface area contributed by atoms with Gasteiger partial charge in [0.05, 0.1) is 0 Å². The Morgan fingerprint density at radius 1 is 0.263 bits per heavy atom. The molecule has 0 saturated heterocycles. The molecular weight excluding hydrogens is 823 g/mol. The van der Waals surface area contributed by atoms with Gasteiger partial charge in [-0.2, -0.15) is 0 Å². The number of unbranched alkanes of at least 4 members (excludes halogenated alkanes) is 16. The van der Waals surface area contributed by atoms with Gasteiger partial charge in [0.1, 0.15) is 0 Å². The fraction of sp³-hybridized carbons (Fsp3) is 0.917. The van der Waals surface area contributed by atoms with Crippen LogP contribution < -0.4 is 20.4 Å². The molecule has 0 spiro atoms. The molecule has 336 valence electrons. The Labute approximate surface area is 370 Å². The molecule has 0 fully saturated rings. The molecule has 0 rings (SSSR count). The van der Waals surface area contributed by atoms with E-state index in [1.807, 2.05) is 0 Å². The number of hydrogen-bond donors (Lipinski definition) is 0. The molecule has 0 bridgehead atoms. The third kappa shape index (κ3) is 83.3. The predicted octanol–water partition coefficient (Wildman–Crippen LogP) is 9.67. The second-order valence-electron chi connectivity index (χ2n) is 20.8. The molecule has 0 aromatic carbocycles. The van der Waals surface area contributed by atoms with E-state index in [-0.39, 0.29) is 49.6 Å². The van der Waals surface area contributed by atoms with E-state index < -0.39 is 23.9 Å². The van der Waals surface area contributed by atoms with Gasteiger partial charge < -0.3 is 39.6 Å². The zero-order valence-corrected chi connectivity index (χ0v) is 42.4. The van der Waals surface area contributed by atoms with Gasteiger partial charge >= 0.3 is 23.9 Å². The number of rotatable bonds is 28. The van der Waals surface area contributed by atoms with Crippen molar-refractivity contribution in [2.45, 2.75) is 263 Å². The van der Waals surface area contributed by atoms with Crippen molar-refractivity contribution >= 4 is 47.8 Å². The Bertz CT molecular complexity index is 784. The summed E-state index contributed by atoms with van der Waals surface area (Å²) in [5.74, 6) is -3.67. The zero-order valence-electron chi connectivity index (χ0n) is 39.6. The Morgan fingerprint density at radius 3 is 0.509 bits per heavy atom. The van der Waals surface area contributed by atoms with E-state index in [0.29, 0.717) is 21.7 Å². The van der Waals surface area contributed by atoms with E-state index in [9.17, 15) is 39.6 Å². The number of hydrogen-bond acceptors (Lipinski definition) is 8. The molecule has 0 amide bonds. The molecule has 9 heteroatoms. The molecule has 0 aromatic heterocycles. The first-order chi connectivity index (χ1) is 25.7. The van der Waals surface area contributed by atoms with Gasteiger partial charge in [0.2, 0.25) is 0 Å². The molecule has 0 unspecified atom stereocenters. The van der Waals surface area contributed by atoms with Gasteiger partial charge in [-0.05, 0) is 98.7 Å². The molecule has 0 N–H and O–H groups in total. The second kappa shape index (κ2) is 40.1. The number of carbonyl (C=O) groups excluding carboxylic acids is 4.